The van der Waals surface area contributed by atoms with Gasteiger partial charge in [-0.25, -0.2) is 12.8 Å². The molecule has 1 aromatic heterocycles. The largest absolute Gasteiger partial charge is 0.471 e. The Balaban J connectivity index is 1.79. The van der Waals surface area contributed by atoms with Gasteiger partial charge < -0.3 is 5.32 Å². The van der Waals surface area contributed by atoms with Gasteiger partial charge in [0.15, 0.2) is 0 Å². The quantitative estimate of drug-likeness (QED) is 0.217. The molecule has 0 bridgehead atoms. The molecule has 4 aromatic rings. The molecule has 15 heteroatoms. The molecule has 0 atom stereocenters. The molecule has 0 aliphatic heterocycles. The lowest BCUT2D eigenvalue weighted by Crippen LogP contribution is -2.31. The Morgan fingerprint density at radius 1 is 0.949 bits per heavy atom. The number of carbonyl (C=O) groups is 1. The van der Waals surface area contributed by atoms with Gasteiger partial charge in [0.25, 0.3) is 10.0 Å². The first-order valence-electron chi connectivity index (χ1n) is 10.6. The molecule has 206 valence electrons. The van der Waals surface area contributed by atoms with Crippen LogP contribution in [0, 0.1) is 5.82 Å². The molecule has 0 unspecified atom stereocenters. The highest BCUT2D eigenvalue weighted by Crippen LogP contribution is 2.44. The summed E-state index contributed by atoms with van der Waals surface area (Å²) in [4.78, 5) is 10.8. The van der Waals surface area contributed by atoms with Crippen LogP contribution in [0.3, 0.4) is 0 Å². The number of hydrogen-bond donors (Lipinski definition) is 1. The van der Waals surface area contributed by atoms with Gasteiger partial charge in [-0.05, 0) is 64.0 Å². The molecular formula is C24H14BrF7N2O3S2. The molecule has 1 amide bonds. The first kappa shape index (κ1) is 28.8. The van der Waals surface area contributed by atoms with Gasteiger partial charge in [0.2, 0.25) is 0 Å². The molecule has 0 aliphatic rings. The first-order valence-corrected chi connectivity index (χ1v) is 13.7. The number of sulfonamides is 1. The van der Waals surface area contributed by atoms with Crippen molar-refractivity contribution in [3.05, 3.63) is 88.1 Å². The number of halogens is 8. The van der Waals surface area contributed by atoms with Crippen molar-refractivity contribution >= 4 is 64.0 Å². The van der Waals surface area contributed by atoms with E-state index in [9.17, 15) is 43.9 Å². The van der Waals surface area contributed by atoms with Crippen LogP contribution in [-0.4, -0.2) is 20.5 Å². The summed E-state index contributed by atoms with van der Waals surface area (Å²) in [5, 5.41) is 2.32. The average molecular weight is 655 g/mol. The van der Waals surface area contributed by atoms with Crippen molar-refractivity contribution in [3.63, 3.8) is 0 Å². The topological polar surface area (TPSA) is 66.5 Å². The number of rotatable bonds is 6. The minimum Gasteiger partial charge on any atom is -0.318 e. The Labute approximate surface area is 229 Å². The second-order valence-electron chi connectivity index (χ2n) is 8.02. The maximum atomic E-state index is 13.9. The third-order valence-corrected chi connectivity index (χ3v) is 9.50. The van der Waals surface area contributed by atoms with Crippen LogP contribution in [0.1, 0.15) is 11.1 Å². The van der Waals surface area contributed by atoms with Crippen LogP contribution < -0.4 is 9.62 Å². The number of nitrogens with zero attached hydrogens (tertiary/aromatic N) is 1. The van der Waals surface area contributed by atoms with Crippen molar-refractivity contribution in [1.82, 2.24) is 0 Å². The molecule has 39 heavy (non-hydrogen) atoms. The van der Waals surface area contributed by atoms with E-state index < -0.39 is 51.1 Å². The molecule has 0 fully saturated rings. The SMILES string of the molecule is O=C(Nc1ccc(S(=O)(=O)N(Cc2ccc(F)c(C(F)(F)F)c2)c2sc3ccccc3c2Br)cc1)C(F)(F)F. The maximum Gasteiger partial charge on any atom is 0.471 e. The summed E-state index contributed by atoms with van der Waals surface area (Å²) in [7, 11) is -4.55. The monoisotopic (exact) mass is 654 g/mol. The number of anilines is 2. The predicted molar refractivity (Wildman–Crippen MR) is 135 cm³/mol. The van der Waals surface area contributed by atoms with Crippen molar-refractivity contribution in [2.45, 2.75) is 23.8 Å². The molecule has 0 saturated heterocycles. The molecule has 0 spiro atoms. The Morgan fingerprint density at radius 2 is 1.59 bits per heavy atom. The number of fused-ring (bicyclic) bond motifs is 1. The van der Waals surface area contributed by atoms with Gasteiger partial charge in [-0.2, -0.15) is 26.3 Å². The molecule has 4 rings (SSSR count). The minimum atomic E-state index is -5.17. The zero-order valence-corrected chi connectivity index (χ0v) is 22.3. The summed E-state index contributed by atoms with van der Waals surface area (Å²) in [5.74, 6) is -3.79. The molecule has 0 radical (unpaired) electrons. The summed E-state index contributed by atoms with van der Waals surface area (Å²) < 4.78 is 121. The molecular weight excluding hydrogens is 641 g/mol. The van der Waals surface area contributed by atoms with Crippen LogP contribution in [0.4, 0.5) is 41.4 Å². The van der Waals surface area contributed by atoms with Gasteiger partial charge in [-0.1, -0.05) is 24.3 Å². The van der Waals surface area contributed by atoms with E-state index in [0.29, 0.717) is 26.7 Å². The Kier molecular flexibility index (Phi) is 7.71. The van der Waals surface area contributed by atoms with Gasteiger partial charge in [-0.15, -0.1) is 11.3 Å². The smallest absolute Gasteiger partial charge is 0.318 e. The second kappa shape index (κ2) is 10.4. The fraction of sp³-hybridized carbons (Fsp3) is 0.125. The highest BCUT2D eigenvalue weighted by Gasteiger charge is 2.39. The van der Waals surface area contributed by atoms with Gasteiger partial charge >= 0.3 is 18.3 Å². The molecule has 1 heterocycles. The van der Waals surface area contributed by atoms with Gasteiger partial charge in [0.05, 0.1) is 21.5 Å². The molecule has 3 aromatic carbocycles. The minimum absolute atomic E-state index is 0.100. The van der Waals surface area contributed by atoms with Crippen LogP contribution in [0.2, 0.25) is 0 Å². The standard InChI is InChI=1S/C24H14BrF7N2O3S2/c25-20-16-3-1-2-4-19(16)38-21(20)34(12-13-5-10-18(26)17(11-13)23(27,28)29)39(36,37)15-8-6-14(7-9-15)33-22(35)24(30,31)32/h1-11H,12H2,(H,33,35). The Morgan fingerprint density at radius 3 is 2.18 bits per heavy atom. The predicted octanol–water partition coefficient (Wildman–Crippen LogP) is 7.72. The summed E-state index contributed by atoms with van der Waals surface area (Å²) in [6.07, 6.45) is -10.2. The second-order valence-corrected chi connectivity index (χ2v) is 11.7. The van der Waals surface area contributed by atoms with Crippen molar-refractivity contribution < 1.29 is 43.9 Å². The van der Waals surface area contributed by atoms with Crippen LogP contribution >= 0.6 is 27.3 Å². The van der Waals surface area contributed by atoms with E-state index in [0.717, 1.165) is 46.0 Å². The molecule has 5 nitrogen and oxygen atoms in total. The fourth-order valence-electron chi connectivity index (χ4n) is 3.52. The van der Waals surface area contributed by atoms with Crippen molar-refractivity contribution in [3.8, 4) is 0 Å². The molecule has 0 aliphatic carbocycles. The number of alkyl halides is 6. The number of carbonyl (C=O) groups excluding carboxylic acids is 1. The van der Waals surface area contributed by atoms with E-state index in [1.807, 2.05) is 0 Å². The zero-order chi connectivity index (χ0) is 28.8. The van der Waals surface area contributed by atoms with Gasteiger partial charge in [0.1, 0.15) is 10.8 Å². The Bertz CT molecular complexity index is 1650. The van der Waals surface area contributed by atoms with Crippen LogP contribution in [0.15, 0.2) is 76.1 Å². The number of thiophene rings is 1. The summed E-state index contributed by atoms with van der Waals surface area (Å²) in [6, 6.07) is 12.7. The third kappa shape index (κ3) is 6.04. The number of nitrogens with one attached hydrogen (secondary N) is 1. The third-order valence-electron chi connectivity index (χ3n) is 5.36. The average Bonchev–Trinajstić information content (AvgIpc) is 3.18. The summed E-state index contributed by atoms with van der Waals surface area (Å²) >= 11 is 4.38. The Hall–Kier alpha value is -3.17. The number of benzene rings is 3. The normalized spacial score (nSPS) is 12.5. The summed E-state index contributed by atoms with van der Waals surface area (Å²) in [5.41, 5.74) is -2.08. The first-order chi connectivity index (χ1) is 18.1. The number of amides is 1. The van der Waals surface area contributed by atoms with E-state index in [2.05, 4.69) is 15.9 Å². The highest BCUT2D eigenvalue weighted by atomic mass is 79.9. The van der Waals surface area contributed by atoms with Crippen molar-refractivity contribution in [2.75, 3.05) is 9.62 Å². The zero-order valence-electron chi connectivity index (χ0n) is 19.1. The highest BCUT2D eigenvalue weighted by molar-refractivity contribution is 9.10. The lowest BCUT2D eigenvalue weighted by molar-refractivity contribution is -0.167. The van der Waals surface area contributed by atoms with Crippen molar-refractivity contribution in [2.24, 2.45) is 0 Å². The fourth-order valence-corrected chi connectivity index (χ4v) is 7.34. The van der Waals surface area contributed by atoms with Crippen LogP contribution in [-0.2, 0) is 27.5 Å². The molecule has 1 N–H and O–H groups in total. The number of hydrogen-bond acceptors (Lipinski definition) is 4. The van der Waals surface area contributed by atoms with Crippen LogP contribution in [0.5, 0.6) is 0 Å². The lowest BCUT2D eigenvalue weighted by Gasteiger charge is -2.24. The lowest BCUT2D eigenvalue weighted by atomic mass is 10.1. The molecule has 0 saturated carbocycles. The van der Waals surface area contributed by atoms with Crippen molar-refractivity contribution in [1.29, 1.82) is 0 Å². The van der Waals surface area contributed by atoms with E-state index in [-0.39, 0.29) is 16.3 Å². The maximum absolute atomic E-state index is 13.9. The van der Waals surface area contributed by atoms with E-state index in [1.165, 1.54) is 0 Å². The van der Waals surface area contributed by atoms with E-state index >= 15 is 0 Å². The van der Waals surface area contributed by atoms with E-state index in [4.69, 9.17) is 0 Å². The van der Waals surface area contributed by atoms with Gasteiger partial charge in [-0.3, -0.25) is 9.10 Å². The van der Waals surface area contributed by atoms with Gasteiger partial charge in [0, 0.05) is 15.8 Å². The van der Waals surface area contributed by atoms with Crippen LogP contribution in [0.25, 0.3) is 10.1 Å². The summed E-state index contributed by atoms with van der Waals surface area (Å²) in [6.45, 7) is -0.635. The van der Waals surface area contributed by atoms with E-state index in [1.54, 1.807) is 29.6 Å².